The van der Waals surface area contributed by atoms with Crippen LogP contribution in [-0.4, -0.2) is 27.3 Å². The zero-order chi connectivity index (χ0) is 19.1. The first kappa shape index (κ1) is 19.5. The van der Waals surface area contributed by atoms with Gasteiger partial charge in [-0.2, -0.15) is 0 Å². The lowest BCUT2D eigenvalue weighted by Crippen LogP contribution is -2.43. The second kappa shape index (κ2) is 7.37. The fourth-order valence-electron chi connectivity index (χ4n) is 4.57. The highest BCUT2D eigenvalue weighted by Crippen LogP contribution is 2.39. The first-order valence-electron chi connectivity index (χ1n) is 9.70. The molecule has 0 aromatic carbocycles. The largest absolute Gasteiger partial charge is 0.353 e. The molecule has 1 aliphatic carbocycles. The highest BCUT2D eigenvalue weighted by molar-refractivity contribution is 7.99. The third-order valence-electron chi connectivity index (χ3n) is 5.47. The first-order valence-corrected chi connectivity index (χ1v) is 10.7. The summed E-state index contributed by atoms with van der Waals surface area (Å²) in [6.45, 7) is 10.9. The van der Waals surface area contributed by atoms with Crippen LogP contribution in [-0.2, 0) is 4.79 Å². The van der Waals surface area contributed by atoms with E-state index < -0.39 is 0 Å². The Morgan fingerprint density at radius 2 is 2.15 bits per heavy atom. The van der Waals surface area contributed by atoms with Gasteiger partial charge in [0.15, 0.2) is 5.16 Å². The number of aromatic nitrogens is 2. The maximum absolute atomic E-state index is 12.6. The molecule has 1 amide bonds. The predicted molar refractivity (Wildman–Crippen MR) is 106 cm³/mol. The second-order valence-corrected chi connectivity index (χ2v) is 10.2. The molecular formula is C20H31N3O2S. The van der Waals surface area contributed by atoms with Gasteiger partial charge in [-0.25, -0.2) is 4.98 Å². The van der Waals surface area contributed by atoms with Crippen LogP contribution in [0.15, 0.2) is 16.0 Å². The summed E-state index contributed by atoms with van der Waals surface area (Å²) in [5.74, 6) is 1.66. The van der Waals surface area contributed by atoms with Crippen LogP contribution in [0, 0.1) is 11.3 Å². The van der Waals surface area contributed by atoms with E-state index in [9.17, 15) is 9.59 Å². The topological polar surface area (TPSA) is 64.0 Å². The van der Waals surface area contributed by atoms with Crippen molar-refractivity contribution in [3.8, 4) is 0 Å². The van der Waals surface area contributed by atoms with Gasteiger partial charge in [0.25, 0.3) is 5.56 Å². The molecule has 1 N–H and O–H groups in total. The van der Waals surface area contributed by atoms with E-state index in [1.807, 2.05) is 13.8 Å². The zero-order valence-corrected chi connectivity index (χ0v) is 17.4. The van der Waals surface area contributed by atoms with Crippen molar-refractivity contribution in [1.82, 2.24) is 14.9 Å². The number of hydrogen-bond acceptors (Lipinski definition) is 4. The molecule has 0 radical (unpaired) electrons. The van der Waals surface area contributed by atoms with Gasteiger partial charge >= 0.3 is 0 Å². The molecule has 0 spiro atoms. The van der Waals surface area contributed by atoms with Gasteiger partial charge < -0.3 is 5.32 Å². The van der Waals surface area contributed by atoms with E-state index in [-0.39, 0.29) is 34.9 Å². The summed E-state index contributed by atoms with van der Waals surface area (Å²) in [6, 6.07) is 1.77. The zero-order valence-electron chi connectivity index (χ0n) is 16.5. The van der Waals surface area contributed by atoms with Gasteiger partial charge in [-0.15, -0.1) is 0 Å². The van der Waals surface area contributed by atoms with Crippen molar-refractivity contribution in [2.75, 3.05) is 5.75 Å². The van der Waals surface area contributed by atoms with E-state index in [2.05, 4.69) is 31.1 Å². The Morgan fingerprint density at radius 1 is 1.42 bits per heavy atom. The van der Waals surface area contributed by atoms with Crippen LogP contribution in [0.1, 0.15) is 78.0 Å². The molecule has 2 aliphatic rings. The van der Waals surface area contributed by atoms with Gasteiger partial charge in [0, 0.05) is 24.3 Å². The molecule has 6 heteroatoms. The van der Waals surface area contributed by atoms with Crippen molar-refractivity contribution >= 4 is 17.7 Å². The average Bonchev–Trinajstić information content (AvgIpc) is 2.88. The summed E-state index contributed by atoms with van der Waals surface area (Å²) in [7, 11) is 0. The SMILES string of the molecule is CC(C)c1cc(=O)n2c(n1)SC[C@H]2CC(=O)N[C@@H]1C[C@H](C)CC(C)(C)C1. The van der Waals surface area contributed by atoms with Crippen molar-refractivity contribution in [1.29, 1.82) is 0 Å². The molecule has 0 bridgehead atoms. The number of nitrogens with zero attached hydrogens (tertiary/aromatic N) is 2. The molecule has 0 saturated heterocycles. The highest BCUT2D eigenvalue weighted by Gasteiger charge is 2.34. The minimum absolute atomic E-state index is 0.0334. The van der Waals surface area contributed by atoms with Gasteiger partial charge in [0.05, 0.1) is 11.7 Å². The Morgan fingerprint density at radius 3 is 2.81 bits per heavy atom. The lowest BCUT2D eigenvalue weighted by Gasteiger charge is -2.39. The molecule has 1 saturated carbocycles. The van der Waals surface area contributed by atoms with Gasteiger partial charge in [-0.1, -0.05) is 46.4 Å². The summed E-state index contributed by atoms with van der Waals surface area (Å²) in [5, 5.41) is 3.98. The van der Waals surface area contributed by atoms with E-state index >= 15 is 0 Å². The summed E-state index contributed by atoms with van der Waals surface area (Å²) in [5.41, 5.74) is 1.07. The fraction of sp³-hybridized carbons (Fsp3) is 0.750. The molecular weight excluding hydrogens is 346 g/mol. The van der Waals surface area contributed by atoms with Crippen LogP contribution in [0.3, 0.4) is 0 Å². The molecule has 5 nitrogen and oxygen atoms in total. The van der Waals surface area contributed by atoms with Crippen molar-refractivity contribution in [2.45, 2.75) is 83.5 Å². The molecule has 1 aromatic rings. The molecule has 3 rings (SSSR count). The number of rotatable bonds is 4. The van der Waals surface area contributed by atoms with E-state index in [0.29, 0.717) is 12.3 Å². The monoisotopic (exact) mass is 377 g/mol. The van der Waals surface area contributed by atoms with Crippen LogP contribution in [0.4, 0.5) is 0 Å². The molecule has 0 unspecified atom stereocenters. The molecule has 144 valence electrons. The Hall–Kier alpha value is -1.30. The number of hydrogen-bond donors (Lipinski definition) is 1. The van der Waals surface area contributed by atoms with E-state index in [1.165, 1.54) is 6.42 Å². The minimum Gasteiger partial charge on any atom is -0.353 e. The van der Waals surface area contributed by atoms with Gasteiger partial charge in [-0.05, 0) is 36.5 Å². The van der Waals surface area contributed by atoms with Crippen LogP contribution in [0.5, 0.6) is 0 Å². The lowest BCUT2D eigenvalue weighted by atomic mass is 9.70. The third-order valence-corrected chi connectivity index (χ3v) is 6.57. The molecule has 1 aliphatic heterocycles. The van der Waals surface area contributed by atoms with E-state index in [4.69, 9.17) is 0 Å². The van der Waals surface area contributed by atoms with Crippen molar-refractivity contribution in [3.05, 3.63) is 22.1 Å². The van der Waals surface area contributed by atoms with Crippen molar-refractivity contribution < 1.29 is 4.79 Å². The predicted octanol–water partition coefficient (Wildman–Crippen LogP) is 3.73. The fourth-order valence-corrected chi connectivity index (χ4v) is 5.73. The molecule has 3 atom stereocenters. The van der Waals surface area contributed by atoms with Crippen LogP contribution in [0.2, 0.25) is 0 Å². The van der Waals surface area contributed by atoms with E-state index in [1.54, 1.807) is 22.4 Å². The smallest absolute Gasteiger partial charge is 0.254 e. The number of carbonyl (C=O) groups is 1. The molecule has 1 aromatic heterocycles. The maximum Gasteiger partial charge on any atom is 0.254 e. The average molecular weight is 378 g/mol. The number of nitrogens with one attached hydrogen (secondary N) is 1. The second-order valence-electron chi connectivity index (χ2n) is 9.17. The lowest BCUT2D eigenvalue weighted by molar-refractivity contribution is -0.123. The number of carbonyl (C=O) groups excluding carboxylic acids is 1. The number of fused-ring (bicyclic) bond motifs is 1. The highest BCUT2D eigenvalue weighted by atomic mass is 32.2. The number of thioether (sulfide) groups is 1. The van der Waals surface area contributed by atoms with E-state index in [0.717, 1.165) is 29.4 Å². The van der Waals surface area contributed by atoms with Gasteiger partial charge in [0.2, 0.25) is 5.91 Å². The van der Waals surface area contributed by atoms with Gasteiger partial charge in [-0.3, -0.25) is 14.2 Å². The summed E-state index contributed by atoms with van der Waals surface area (Å²) < 4.78 is 1.71. The molecule has 1 fully saturated rings. The standard InChI is InChI=1S/C20H31N3O2S/c1-12(2)16-8-18(25)23-15(11-26-19(23)22-16)7-17(24)21-14-6-13(3)9-20(4,5)10-14/h8,12-15H,6-7,9-11H2,1-5H3,(H,21,24)/t13-,14+,15+/m0/s1. The third kappa shape index (κ3) is 4.33. The van der Waals surface area contributed by atoms with Crippen LogP contribution >= 0.6 is 11.8 Å². The van der Waals surface area contributed by atoms with Gasteiger partial charge in [0.1, 0.15) is 0 Å². The normalized spacial score (nSPS) is 27.4. The molecule has 2 heterocycles. The maximum atomic E-state index is 12.6. The Labute approximate surface area is 160 Å². The van der Waals surface area contributed by atoms with Crippen LogP contribution in [0.25, 0.3) is 0 Å². The molecule has 26 heavy (non-hydrogen) atoms. The summed E-state index contributed by atoms with van der Waals surface area (Å²) in [4.78, 5) is 29.8. The first-order chi connectivity index (χ1) is 12.1. The van der Waals surface area contributed by atoms with Crippen molar-refractivity contribution in [2.24, 2.45) is 11.3 Å². The van der Waals surface area contributed by atoms with Crippen LogP contribution < -0.4 is 10.9 Å². The summed E-state index contributed by atoms with van der Waals surface area (Å²) >= 11 is 1.58. The minimum atomic E-state index is -0.0924. The Balaban J connectivity index is 1.66. The Bertz CT molecular complexity index is 741. The quantitative estimate of drug-likeness (QED) is 0.812. The Kier molecular flexibility index (Phi) is 5.52. The summed E-state index contributed by atoms with van der Waals surface area (Å²) in [6.07, 6.45) is 3.64. The number of amides is 1. The van der Waals surface area contributed by atoms with Crippen molar-refractivity contribution in [3.63, 3.8) is 0 Å².